The summed E-state index contributed by atoms with van der Waals surface area (Å²) in [4.78, 5) is 10.0. The van der Waals surface area contributed by atoms with Crippen LogP contribution in [0.2, 0.25) is 0 Å². The molecule has 1 aliphatic heterocycles. The lowest BCUT2D eigenvalue weighted by Gasteiger charge is -2.44. The number of fused-ring (bicyclic) bond motifs is 3. The average Bonchev–Trinajstić information content (AvgIpc) is 2.98. The summed E-state index contributed by atoms with van der Waals surface area (Å²) >= 11 is 3.69. The van der Waals surface area contributed by atoms with Crippen molar-refractivity contribution in [3.8, 4) is 0 Å². The lowest BCUT2D eigenvalue weighted by atomic mass is 9.65. The van der Waals surface area contributed by atoms with E-state index in [2.05, 4.69) is 35.0 Å². The van der Waals surface area contributed by atoms with Gasteiger partial charge < -0.3 is 10.5 Å². The summed E-state index contributed by atoms with van der Waals surface area (Å²) in [5.74, 6) is 0.591. The largest absolute Gasteiger partial charge is 0.382 e. The second-order valence-electron chi connectivity index (χ2n) is 7.52. The molecule has 2 spiro atoms. The zero-order chi connectivity index (χ0) is 17.1. The fourth-order valence-corrected chi connectivity index (χ4v) is 5.17. The SMILES string of the molecule is COC1CCC2(CC1)Cc1cc(C)c(Br)cc1C21N=C(C)C(N)=N1. The second kappa shape index (κ2) is 5.40. The van der Waals surface area contributed by atoms with Crippen molar-refractivity contribution in [2.24, 2.45) is 21.1 Å². The summed E-state index contributed by atoms with van der Waals surface area (Å²) in [7, 11) is 1.82. The molecule has 1 atom stereocenters. The number of methoxy groups -OCH3 is 1. The maximum atomic E-state index is 6.18. The highest BCUT2D eigenvalue weighted by Gasteiger charge is 2.60. The minimum Gasteiger partial charge on any atom is -0.382 e. The van der Waals surface area contributed by atoms with E-state index in [-0.39, 0.29) is 5.41 Å². The Morgan fingerprint density at radius 1 is 1.21 bits per heavy atom. The van der Waals surface area contributed by atoms with Crippen LogP contribution in [0, 0.1) is 12.3 Å². The van der Waals surface area contributed by atoms with E-state index in [1.807, 2.05) is 14.0 Å². The molecule has 0 amide bonds. The number of aryl methyl sites for hydroxylation is 1. The topological polar surface area (TPSA) is 60.0 Å². The molecule has 0 bridgehead atoms. The van der Waals surface area contributed by atoms with Gasteiger partial charge in [0.25, 0.3) is 0 Å². The van der Waals surface area contributed by atoms with E-state index >= 15 is 0 Å². The summed E-state index contributed by atoms with van der Waals surface area (Å²) in [5.41, 5.74) is 10.4. The maximum Gasteiger partial charge on any atom is 0.184 e. The Balaban J connectivity index is 1.88. The van der Waals surface area contributed by atoms with Gasteiger partial charge in [-0.05, 0) is 63.1 Å². The highest BCUT2D eigenvalue weighted by atomic mass is 79.9. The number of nitrogens with zero attached hydrogens (tertiary/aromatic N) is 2. The smallest absolute Gasteiger partial charge is 0.184 e. The number of amidine groups is 1. The van der Waals surface area contributed by atoms with E-state index in [1.54, 1.807) is 0 Å². The van der Waals surface area contributed by atoms with Crippen LogP contribution in [0.5, 0.6) is 0 Å². The average molecular weight is 390 g/mol. The predicted octanol–water partition coefficient (Wildman–Crippen LogP) is 3.87. The molecule has 128 valence electrons. The van der Waals surface area contributed by atoms with E-state index < -0.39 is 5.66 Å². The monoisotopic (exact) mass is 389 g/mol. The third-order valence-electron chi connectivity index (χ3n) is 6.23. The number of benzene rings is 1. The summed E-state index contributed by atoms with van der Waals surface area (Å²) in [5, 5.41) is 0. The molecule has 1 aromatic carbocycles. The van der Waals surface area contributed by atoms with Crippen molar-refractivity contribution in [3.05, 3.63) is 33.3 Å². The van der Waals surface area contributed by atoms with Gasteiger partial charge in [-0.2, -0.15) is 0 Å². The fraction of sp³-hybridized carbons (Fsp3) is 0.579. The van der Waals surface area contributed by atoms with Crippen LogP contribution in [-0.4, -0.2) is 24.8 Å². The molecule has 1 fully saturated rings. The molecule has 24 heavy (non-hydrogen) atoms. The summed E-state index contributed by atoms with van der Waals surface area (Å²) in [6, 6.07) is 4.52. The van der Waals surface area contributed by atoms with Crippen LogP contribution in [0.1, 0.15) is 49.3 Å². The number of hydrogen-bond donors (Lipinski definition) is 1. The van der Waals surface area contributed by atoms with Gasteiger partial charge >= 0.3 is 0 Å². The number of halogens is 1. The lowest BCUT2D eigenvalue weighted by Crippen LogP contribution is -2.43. The Morgan fingerprint density at radius 3 is 2.50 bits per heavy atom. The van der Waals surface area contributed by atoms with Crippen LogP contribution in [-0.2, 0) is 16.8 Å². The van der Waals surface area contributed by atoms with E-state index in [0.717, 1.165) is 42.3 Å². The molecule has 2 aliphatic carbocycles. The van der Waals surface area contributed by atoms with Gasteiger partial charge in [0.2, 0.25) is 0 Å². The first-order valence-electron chi connectivity index (χ1n) is 8.65. The van der Waals surface area contributed by atoms with Crippen LogP contribution in [0.3, 0.4) is 0 Å². The first kappa shape index (κ1) is 16.3. The predicted molar refractivity (Wildman–Crippen MR) is 101 cm³/mol. The van der Waals surface area contributed by atoms with Crippen molar-refractivity contribution < 1.29 is 4.74 Å². The Bertz CT molecular complexity index is 742. The third kappa shape index (κ3) is 2.07. The Kier molecular flexibility index (Phi) is 3.66. The standard InChI is InChI=1S/C19H24BrN3O/c1-11-8-13-10-18(6-4-14(24-3)5-7-18)19(15(13)9-16(11)20)22-12(2)17(21)23-19/h8-9,14H,4-7,10H2,1-3H3,(H2,21,23). The van der Waals surface area contributed by atoms with Crippen molar-refractivity contribution in [2.75, 3.05) is 7.11 Å². The van der Waals surface area contributed by atoms with Crippen LogP contribution < -0.4 is 5.73 Å². The summed E-state index contributed by atoms with van der Waals surface area (Å²) < 4.78 is 6.72. The number of hydrogen-bond acceptors (Lipinski definition) is 4. The third-order valence-corrected chi connectivity index (χ3v) is 7.09. The molecule has 5 heteroatoms. The Labute approximate surface area is 151 Å². The van der Waals surface area contributed by atoms with E-state index in [0.29, 0.717) is 11.9 Å². The molecule has 1 heterocycles. The van der Waals surface area contributed by atoms with Gasteiger partial charge in [-0.25, -0.2) is 4.99 Å². The van der Waals surface area contributed by atoms with E-state index in [4.69, 9.17) is 20.5 Å². The zero-order valence-electron chi connectivity index (χ0n) is 14.5. The van der Waals surface area contributed by atoms with Gasteiger partial charge in [0.1, 0.15) is 5.84 Å². The highest BCUT2D eigenvalue weighted by molar-refractivity contribution is 9.10. The molecular formula is C19H24BrN3O. The molecule has 1 aromatic rings. The van der Waals surface area contributed by atoms with Gasteiger partial charge in [0.05, 0.1) is 11.8 Å². The minimum absolute atomic E-state index is 0.0278. The van der Waals surface area contributed by atoms with Crippen molar-refractivity contribution in [3.63, 3.8) is 0 Å². The molecule has 4 rings (SSSR count). The van der Waals surface area contributed by atoms with Gasteiger partial charge in [-0.15, -0.1) is 0 Å². The van der Waals surface area contributed by atoms with Crippen molar-refractivity contribution in [2.45, 2.75) is 57.7 Å². The molecule has 0 radical (unpaired) electrons. The normalized spacial score (nSPS) is 34.6. The maximum absolute atomic E-state index is 6.18. The molecule has 0 aromatic heterocycles. The second-order valence-corrected chi connectivity index (χ2v) is 8.37. The van der Waals surface area contributed by atoms with E-state index in [1.165, 1.54) is 16.7 Å². The molecule has 1 saturated carbocycles. The van der Waals surface area contributed by atoms with Gasteiger partial charge in [-0.1, -0.05) is 22.0 Å². The van der Waals surface area contributed by atoms with E-state index in [9.17, 15) is 0 Å². The first-order valence-corrected chi connectivity index (χ1v) is 9.44. The Hall–Kier alpha value is -1.20. The first-order chi connectivity index (χ1) is 11.4. The molecule has 1 unspecified atom stereocenters. The van der Waals surface area contributed by atoms with Crippen LogP contribution in [0.25, 0.3) is 0 Å². The van der Waals surface area contributed by atoms with Crippen molar-refractivity contribution >= 4 is 27.5 Å². The number of nitrogens with two attached hydrogens (primary N) is 1. The molecule has 3 aliphatic rings. The van der Waals surface area contributed by atoms with Crippen LogP contribution in [0.15, 0.2) is 26.6 Å². The lowest BCUT2D eigenvalue weighted by molar-refractivity contribution is -0.000382. The Morgan fingerprint density at radius 2 is 1.92 bits per heavy atom. The summed E-state index contributed by atoms with van der Waals surface area (Å²) in [6.45, 7) is 4.12. The van der Waals surface area contributed by atoms with Crippen LogP contribution in [0.4, 0.5) is 0 Å². The van der Waals surface area contributed by atoms with Crippen molar-refractivity contribution in [1.82, 2.24) is 0 Å². The minimum atomic E-state index is -0.536. The van der Waals surface area contributed by atoms with Crippen LogP contribution >= 0.6 is 15.9 Å². The van der Waals surface area contributed by atoms with Gasteiger partial charge in [0.15, 0.2) is 5.66 Å². The zero-order valence-corrected chi connectivity index (χ0v) is 16.1. The molecule has 0 saturated heterocycles. The van der Waals surface area contributed by atoms with Gasteiger partial charge in [0, 0.05) is 22.6 Å². The number of aliphatic imine (C=N–C) groups is 2. The molecule has 4 nitrogen and oxygen atoms in total. The van der Waals surface area contributed by atoms with Gasteiger partial charge in [-0.3, -0.25) is 4.99 Å². The fourth-order valence-electron chi connectivity index (χ4n) is 4.83. The number of rotatable bonds is 1. The number of ether oxygens (including phenoxy) is 1. The molecule has 2 N–H and O–H groups in total. The summed E-state index contributed by atoms with van der Waals surface area (Å²) in [6.07, 6.45) is 5.67. The quantitative estimate of drug-likeness (QED) is 0.791. The van der Waals surface area contributed by atoms with Crippen molar-refractivity contribution in [1.29, 1.82) is 0 Å². The highest BCUT2D eigenvalue weighted by Crippen LogP contribution is 2.62. The molecular weight excluding hydrogens is 366 g/mol.